The van der Waals surface area contributed by atoms with E-state index in [1.165, 1.54) is 11.1 Å². The van der Waals surface area contributed by atoms with Gasteiger partial charge in [-0.05, 0) is 42.5 Å². The van der Waals surface area contributed by atoms with E-state index in [0.29, 0.717) is 0 Å². The first-order chi connectivity index (χ1) is 9.24. The first-order valence-corrected chi connectivity index (χ1v) is 6.80. The number of halogens is 1. The summed E-state index contributed by atoms with van der Waals surface area (Å²) in [7, 11) is 0. The average Bonchev–Trinajstić information content (AvgIpc) is 2.83. The molecule has 2 aromatic rings. The van der Waals surface area contributed by atoms with Crippen LogP contribution in [0, 0.1) is 12.7 Å². The Labute approximate surface area is 113 Å². The molecule has 19 heavy (non-hydrogen) atoms. The summed E-state index contributed by atoms with van der Waals surface area (Å²) in [6.45, 7) is 2.92. The van der Waals surface area contributed by atoms with Gasteiger partial charge in [-0.1, -0.05) is 42.0 Å². The van der Waals surface area contributed by atoms with Crippen LogP contribution in [-0.2, 0) is 13.0 Å². The maximum atomic E-state index is 13.6. The smallest absolute Gasteiger partial charge is 0.126 e. The van der Waals surface area contributed by atoms with E-state index in [9.17, 15) is 4.39 Å². The fraction of sp³-hybridized carbons (Fsp3) is 0.294. The summed E-state index contributed by atoms with van der Waals surface area (Å²) in [4.78, 5) is 0. The lowest BCUT2D eigenvalue weighted by Crippen LogP contribution is -2.18. The minimum atomic E-state index is -0.0582. The molecule has 1 aliphatic carbocycles. The second-order valence-electron chi connectivity index (χ2n) is 5.27. The number of fused-ring (bicyclic) bond motifs is 1. The molecule has 0 radical (unpaired) electrons. The highest BCUT2D eigenvalue weighted by Crippen LogP contribution is 2.32. The normalized spacial score (nSPS) is 17.5. The van der Waals surface area contributed by atoms with Crippen molar-refractivity contribution in [1.29, 1.82) is 0 Å². The van der Waals surface area contributed by atoms with Gasteiger partial charge in [-0.25, -0.2) is 4.39 Å². The Morgan fingerprint density at radius 2 is 1.95 bits per heavy atom. The van der Waals surface area contributed by atoms with Crippen molar-refractivity contribution < 1.29 is 4.39 Å². The molecule has 1 atom stereocenters. The fourth-order valence-electron chi connectivity index (χ4n) is 2.77. The van der Waals surface area contributed by atoms with Crippen LogP contribution in [0.5, 0.6) is 0 Å². The van der Waals surface area contributed by atoms with E-state index in [-0.39, 0.29) is 11.9 Å². The van der Waals surface area contributed by atoms with Crippen molar-refractivity contribution in [2.75, 3.05) is 0 Å². The van der Waals surface area contributed by atoms with Crippen molar-refractivity contribution in [3.63, 3.8) is 0 Å². The van der Waals surface area contributed by atoms with Gasteiger partial charge in [-0.15, -0.1) is 0 Å². The molecule has 0 aromatic heterocycles. The largest absolute Gasteiger partial charge is 0.306 e. The lowest BCUT2D eigenvalue weighted by Gasteiger charge is -2.14. The quantitative estimate of drug-likeness (QED) is 0.876. The molecule has 1 aliphatic rings. The molecule has 0 saturated carbocycles. The van der Waals surface area contributed by atoms with E-state index >= 15 is 0 Å². The predicted molar refractivity (Wildman–Crippen MR) is 75.5 cm³/mol. The van der Waals surface area contributed by atoms with Crippen LogP contribution in [0.3, 0.4) is 0 Å². The molecule has 1 unspecified atom stereocenters. The van der Waals surface area contributed by atoms with Crippen LogP contribution in [0.15, 0.2) is 42.5 Å². The van der Waals surface area contributed by atoms with E-state index in [1.807, 2.05) is 6.07 Å². The first kappa shape index (κ1) is 12.4. The number of aryl methyl sites for hydroxylation is 1. The topological polar surface area (TPSA) is 12.0 Å². The van der Waals surface area contributed by atoms with Gasteiger partial charge in [0.15, 0.2) is 0 Å². The van der Waals surface area contributed by atoms with Crippen LogP contribution in [0.2, 0.25) is 0 Å². The molecule has 2 heteroatoms. The maximum absolute atomic E-state index is 13.6. The Morgan fingerprint density at radius 1 is 1.16 bits per heavy atom. The zero-order valence-corrected chi connectivity index (χ0v) is 11.1. The average molecular weight is 255 g/mol. The van der Waals surface area contributed by atoms with Gasteiger partial charge in [-0.3, -0.25) is 0 Å². The van der Waals surface area contributed by atoms with E-state index in [4.69, 9.17) is 0 Å². The summed E-state index contributed by atoms with van der Waals surface area (Å²) in [5, 5.41) is 3.53. The van der Waals surface area contributed by atoms with E-state index in [2.05, 4.69) is 36.5 Å². The van der Waals surface area contributed by atoms with Gasteiger partial charge >= 0.3 is 0 Å². The van der Waals surface area contributed by atoms with Gasteiger partial charge < -0.3 is 5.32 Å². The number of nitrogens with one attached hydrogen (secondary N) is 1. The van der Waals surface area contributed by atoms with Gasteiger partial charge in [0.1, 0.15) is 5.82 Å². The molecular weight excluding hydrogens is 237 g/mol. The maximum Gasteiger partial charge on any atom is 0.126 e. The number of hydrogen-bond acceptors (Lipinski definition) is 1. The van der Waals surface area contributed by atoms with Crippen molar-refractivity contribution in [1.82, 2.24) is 5.32 Å². The van der Waals surface area contributed by atoms with E-state index in [0.717, 1.165) is 30.5 Å². The summed E-state index contributed by atoms with van der Waals surface area (Å²) in [5.74, 6) is -0.0582. The standard InChI is InChI=1S/C17H18FN/c1-12-5-7-13(8-6-12)11-19-17-10-9-14-15(17)3-2-4-16(14)18/h2-8,17,19H,9-11H2,1H3. The molecule has 0 bridgehead atoms. The fourth-order valence-corrected chi connectivity index (χ4v) is 2.77. The van der Waals surface area contributed by atoms with Crippen LogP contribution in [0.25, 0.3) is 0 Å². The van der Waals surface area contributed by atoms with Crippen LogP contribution in [0.1, 0.15) is 34.7 Å². The first-order valence-electron chi connectivity index (χ1n) is 6.80. The number of hydrogen-bond donors (Lipinski definition) is 1. The minimum absolute atomic E-state index is 0.0582. The van der Waals surface area contributed by atoms with E-state index in [1.54, 1.807) is 12.1 Å². The van der Waals surface area contributed by atoms with Gasteiger partial charge in [0.05, 0.1) is 0 Å². The van der Waals surface area contributed by atoms with Gasteiger partial charge in [0.2, 0.25) is 0 Å². The highest BCUT2D eigenvalue weighted by Gasteiger charge is 2.24. The summed E-state index contributed by atoms with van der Waals surface area (Å²) in [5.41, 5.74) is 4.57. The molecule has 1 N–H and O–H groups in total. The SMILES string of the molecule is Cc1ccc(CNC2CCc3c(F)cccc32)cc1. The molecule has 0 amide bonds. The van der Waals surface area contributed by atoms with Crippen molar-refractivity contribution in [2.24, 2.45) is 0 Å². The Morgan fingerprint density at radius 3 is 2.74 bits per heavy atom. The molecule has 98 valence electrons. The molecule has 3 rings (SSSR count). The van der Waals surface area contributed by atoms with Gasteiger partial charge in [0, 0.05) is 12.6 Å². The molecule has 0 spiro atoms. The van der Waals surface area contributed by atoms with E-state index < -0.39 is 0 Å². The lowest BCUT2D eigenvalue weighted by atomic mass is 10.1. The van der Waals surface area contributed by atoms with Crippen molar-refractivity contribution >= 4 is 0 Å². The Balaban J connectivity index is 1.70. The van der Waals surface area contributed by atoms with Crippen LogP contribution >= 0.6 is 0 Å². The summed E-state index contributed by atoms with van der Waals surface area (Å²) < 4.78 is 13.6. The van der Waals surface area contributed by atoms with Crippen LogP contribution in [0.4, 0.5) is 4.39 Å². The summed E-state index contributed by atoms with van der Waals surface area (Å²) in [6, 6.07) is 14.2. The van der Waals surface area contributed by atoms with Gasteiger partial charge in [-0.2, -0.15) is 0 Å². The third-order valence-corrected chi connectivity index (χ3v) is 3.89. The lowest BCUT2D eigenvalue weighted by molar-refractivity contribution is 0.530. The molecular formula is C17H18FN. The third kappa shape index (κ3) is 2.54. The Bertz CT molecular complexity index is 574. The van der Waals surface area contributed by atoms with Crippen LogP contribution in [-0.4, -0.2) is 0 Å². The highest BCUT2D eigenvalue weighted by atomic mass is 19.1. The Kier molecular flexibility index (Phi) is 3.34. The summed E-state index contributed by atoms with van der Waals surface area (Å²) >= 11 is 0. The molecule has 0 fully saturated rings. The second kappa shape index (κ2) is 5.14. The number of benzene rings is 2. The van der Waals surface area contributed by atoms with Gasteiger partial charge in [0.25, 0.3) is 0 Å². The molecule has 0 saturated heterocycles. The highest BCUT2D eigenvalue weighted by molar-refractivity contribution is 5.35. The van der Waals surface area contributed by atoms with Crippen LogP contribution < -0.4 is 5.32 Å². The Hall–Kier alpha value is -1.67. The minimum Gasteiger partial charge on any atom is -0.306 e. The molecule has 0 heterocycles. The van der Waals surface area contributed by atoms with Crippen molar-refractivity contribution in [2.45, 2.75) is 32.4 Å². The number of rotatable bonds is 3. The van der Waals surface area contributed by atoms with Crippen molar-refractivity contribution in [3.05, 3.63) is 70.5 Å². The zero-order valence-electron chi connectivity index (χ0n) is 11.1. The predicted octanol–water partition coefficient (Wildman–Crippen LogP) is 3.91. The monoisotopic (exact) mass is 255 g/mol. The van der Waals surface area contributed by atoms with Crippen molar-refractivity contribution in [3.8, 4) is 0 Å². The zero-order chi connectivity index (χ0) is 13.2. The summed E-state index contributed by atoms with van der Waals surface area (Å²) in [6.07, 6.45) is 1.83. The molecule has 1 nitrogen and oxygen atoms in total. The second-order valence-corrected chi connectivity index (χ2v) is 5.27. The third-order valence-electron chi connectivity index (χ3n) is 3.89. The molecule has 2 aromatic carbocycles. The molecule has 0 aliphatic heterocycles.